The Balaban J connectivity index is 0.00000500. The number of ether oxygens (including phenoxy) is 1. The minimum atomic E-state index is -0.721. The molecule has 5 rings (SSSR count). The van der Waals surface area contributed by atoms with Crippen molar-refractivity contribution in [3.63, 3.8) is 0 Å². The smallest absolute Gasteiger partial charge is 0.267 e. The Hall–Kier alpha value is -5.33. The number of anilines is 1. The molecule has 3 N–H and O–H groups in total. The molecule has 1 amide bonds. The summed E-state index contributed by atoms with van der Waals surface area (Å²) in [6, 6.07) is 20.6. The average Bonchev–Trinajstić information content (AvgIpc) is 3.09. The van der Waals surface area contributed by atoms with Gasteiger partial charge in [-0.25, -0.2) is 19.2 Å². The van der Waals surface area contributed by atoms with E-state index in [9.17, 15) is 24.1 Å². The Kier molecular flexibility index (Phi) is 11.6. The van der Waals surface area contributed by atoms with Crippen molar-refractivity contribution in [1.82, 2.24) is 15.8 Å². The van der Waals surface area contributed by atoms with Gasteiger partial charge in [0, 0.05) is 49.1 Å². The largest absolute Gasteiger partial charge is 0.494 e. The molecule has 3 aromatic carbocycles. The Bertz CT molecular complexity index is 1860. The van der Waals surface area contributed by atoms with Gasteiger partial charge in [-0.15, -0.1) is 12.4 Å². The van der Waals surface area contributed by atoms with Crippen molar-refractivity contribution < 1.29 is 23.5 Å². The number of rotatable bonds is 9. The lowest BCUT2D eigenvalue weighted by Gasteiger charge is -2.34. The van der Waals surface area contributed by atoms with Crippen LogP contribution in [0.3, 0.4) is 0 Å². The fraction of sp³-hybridized carbons (Fsp3) is 0.200. The van der Waals surface area contributed by atoms with Gasteiger partial charge in [0.05, 0.1) is 12.7 Å². The number of aromatic nitrogens is 1. The normalized spacial score (nSPS) is 13.0. The predicted octanol–water partition coefficient (Wildman–Crippen LogP) is 6.14. The molecule has 0 bridgehead atoms. The predicted molar refractivity (Wildman–Crippen MR) is 176 cm³/mol. The fourth-order valence-electron chi connectivity index (χ4n) is 5.47. The molecular formula is C35H31ClF2N6O3. The maximum atomic E-state index is 14.8. The number of piperidine rings is 1. The summed E-state index contributed by atoms with van der Waals surface area (Å²) in [7, 11) is 1.37. The molecule has 0 unspecified atom stereocenters. The first-order chi connectivity index (χ1) is 22.3. The van der Waals surface area contributed by atoms with Gasteiger partial charge in [-0.05, 0) is 65.4 Å². The molecule has 0 radical (unpaired) electrons. The topological polar surface area (TPSA) is 134 Å². The molecule has 1 fully saturated rings. The Morgan fingerprint density at radius 1 is 1.04 bits per heavy atom. The number of pyridine rings is 1. The van der Waals surface area contributed by atoms with Crippen LogP contribution >= 0.6 is 12.4 Å². The lowest BCUT2D eigenvalue weighted by Crippen LogP contribution is -2.42. The third-order valence-electron chi connectivity index (χ3n) is 7.92. The highest BCUT2D eigenvalue weighted by molar-refractivity contribution is 5.91. The Labute approximate surface area is 277 Å². The number of carbonyl (C=O) groups is 1. The first kappa shape index (κ1) is 34.5. The first-order valence-electron chi connectivity index (χ1n) is 14.5. The molecule has 1 aromatic heterocycles. The number of hydrogen-bond donors (Lipinski definition) is 3. The number of benzene rings is 3. The van der Waals surface area contributed by atoms with Gasteiger partial charge in [0.1, 0.15) is 29.3 Å². The SMILES string of the molecule is COc1ccc(-c2cnc(N3CCC(NCc4ccc(/C=C/C(=O)NO)cc4)CC3)c(C#N)c2-c2ccc(C#N)c(F)c2)cc1F.Cl. The quantitative estimate of drug-likeness (QED) is 0.111. The van der Waals surface area contributed by atoms with Crippen molar-refractivity contribution in [2.24, 2.45) is 0 Å². The van der Waals surface area contributed by atoms with Gasteiger partial charge in [0.15, 0.2) is 11.6 Å². The van der Waals surface area contributed by atoms with Crippen molar-refractivity contribution in [3.05, 3.63) is 107 Å². The van der Waals surface area contributed by atoms with E-state index < -0.39 is 17.5 Å². The van der Waals surface area contributed by atoms with E-state index in [2.05, 4.69) is 16.4 Å². The minimum absolute atomic E-state index is 0. The monoisotopic (exact) mass is 656 g/mol. The van der Waals surface area contributed by atoms with Gasteiger partial charge in [-0.3, -0.25) is 10.0 Å². The van der Waals surface area contributed by atoms with Gasteiger partial charge in [0.25, 0.3) is 5.91 Å². The number of carbonyl (C=O) groups excluding carboxylic acids is 1. The molecule has 0 atom stereocenters. The summed E-state index contributed by atoms with van der Waals surface area (Å²) < 4.78 is 34.6. The van der Waals surface area contributed by atoms with E-state index in [4.69, 9.17) is 9.94 Å². The van der Waals surface area contributed by atoms with Crippen LogP contribution in [0.15, 0.2) is 72.9 Å². The molecule has 12 heteroatoms. The van der Waals surface area contributed by atoms with Crippen LogP contribution in [0.1, 0.15) is 35.1 Å². The highest BCUT2D eigenvalue weighted by Gasteiger charge is 2.26. The molecule has 2 heterocycles. The minimum Gasteiger partial charge on any atom is -0.494 e. The van der Waals surface area contributed by atoms with Crippen LogP contribution in [0.25, 0.3) is 28.3 Å². The number of nitrogens with zero attached hydrogens (tertiary/aromatic N) is 4. The van der Waals surface area contributed by atoms with E-state index in [1.165, 1.54) is 37.5 Å². The zero-order valence-electron chi connectivity index (χ0n) is 25.3. The van der Waals surface area contributed by atoms with Crippen LogP contribution in [0.2, 0.25) is 0 Å². The lowest BCUT2D eigenvalue weighted by molar-refractivity contribution is -0.124. The lowest BCUT2D eigenvalue weighted by atomic mass is 9.91. The summed E-state index contributed by atoms with van der Waals surface area (Å²) in [5.74, 6) is -1.39. The second kappa shape index (κ2) is 15.8. The standard InChI is InChI=1S/C35H30F2N6O3.ClH/c1-46-32-10-9-24(16-31(32)37)29-21-41-35(28(19-39)34(29)25-7-8-26(18-38)30(36)17-25)43-14-12-27(13-15-43)40-20-23-4-2-22(3-5-23)6-11-33(44)42-45;/h2-11,16-17,21,27,40,45H,12-15,20H2,1H3,(H,42,44);1H/b11-6+;. The fourth-order valence-corrected chi connectivity index (χ4v) is 5.47. The second-order valence-corrected chi connectivity index (χ2v) is 10.7. The van der Waals surface area contributed by atoms with E-state index in [0.717, 1.165) is 24.0 Å². The van der Waals surface area contributed by atoms with Crippen molar-refractivity contribution in [2.45, 2.75) is 25.4 Å². The molecule has 1 aliphatic heterocycles. The van der Waals surface area contributed by atoms with Crippen LogP contribution in [-0.4, -0.2) is 42.3 Å². The third-order valence-corrected chi connectivity index (χ3v) is 7.92. The number of hydroxylamine groups is 1. The summed E-state index contributed by atoms with van der Waals surface area (Å²) in [6.07, 6.45) is 5.99. The summed E-state index contributed by atoms with van der Waals surface area (Å²) in [5.41, 5.74) is 5.22. The van der Waals surface area contributed by atoms with Crippen LogP contribution in [-0.2, 0) is 11.3 Å². The van der Waals surface area contributed by atoms with Crippen molar-refractivity contribution in [3.8, 4) is 40.1 Å². The third kappa shape index (κ3) is 7.91. The zero-order chi connectivity index (χ0) is 32.6. The maximum Gasteiger partial charge on any atom is 0.267 e. The summed E-state index contributed by atoms with van der Waals surface area (Å²) in [5, 5.41) is 31.8. The second-order valence-electron chi connectivity index (χ2n) is 10.7. The Morgan fingerprint density at radius 3 is 2.36 bits per heavy atom. The number of nitriles is 2. The summed E-state index contributed by atoms with van der Waals surface area (Å²) >= 11 is 0. The number of hydrogen-bond acceptors (Lipinski definition) is 8. The molecule has 1 saturated heterocycles. The molecule has 240 valence electrons. The number of halogens is 3. The average molecular weight is 657 g/mol. The van der Waals surface area contributed by atoms with Crippen molar-refractivity contribution in [2.75, 3.05) is 25.1 Å². The molecule has 0 spiro atoms. The van der Waals surface area contributed by atoms with Gasteiger partial charge in [0.2, 0.25) is 0 Å². The van der Waals surface area contributed by atoms with E-state index in [1.807, 2.05) is 35.2 Å². The van der Waals surface area contributed by atoms with Crippen LogP contribution < -0.4 is 20.4 Å². The number of methoxy groups -OCH3 is 1. The van der Waals surface area contributed by atoms with Gasteiger partial charge in [-0.1, -0.05) is 36.4 Å². The van der Waals surface area contributed by atoms with E-state index in [-0.39, 0.29) is 35.3 Å². The molecule has 4 aromatic rings. The summed E-state index contributed by atoms with van der Waals surface area (Å²) in [4.78, 5) is 17.9. The Morgan fingerprint density at radius 2 is 1.74 bits per heavy atom. The van der Waals surface area contributed by atoms with Crippen LogP contribution in [0.5, 0.6) is 5.75 Å². The van der Waals surface area contributed by atoms with Crippen LogP contribution in [0, 0.1) is 34.3 Å². The number of nitrogens with one attached hydrogen (secondary N) is 2. The molecule has 0 saturated carbocycles. The highest BCUT2D eigenvalue weighted by Crippen LogP contribution is 2.40. The highest BCUT2D eigenvalue weighted by atomic mass is 35.5. The molecular weight excluding hydrogens is 626 g/mol. The van der Waals surface area contributed by atoms with Crippen molar-refractivity contribution >= 4 is 30.2 Å². The van der Waals surface area contributed by atoms with E-state index >= 15 is 0 Å². The van der Waals surface area contributed by atoms with Crippen molar-refractivity contribution in [1.29, 1.82) is 10.5 Å². The zero-order valence-corrected chi connectivity index (χ0v) is 26.2. The van der Waals surface area contributed by atoms with E-state index in [1.54, 1.807) is 29.9 Å². The molecule has 9 nitrogen and oxygen atoms in total. The number of amides is 1. The summed E-state index contributed by atoms with van der Waals surface area (Å²) in [6.45, 7) is 1.89. The first-order valence-corrected chi connectivity index (χ1v) is 14.5. The van der Waals surface area contributed by atoms with Gasteiger partial charge >= 0.3 is 0 Å². The van der Waals surface area contributed by atoms with E-state index in [0.29, 0.717) is 47.7 Å². The molecule has 47 heavy (non-hydrogen) atoms. The molecule has 0 aliphatic carbocycles. The maximum absolute atomic E-state index is 14.8. The van der Waals surface area contributed by atoms with Crippen LogP contribution in [0.4, 0.5) is 14.6 Å². The van der Waals surface area contributed by atoms with Gasteiger partial charge < -0.3 is 15.0 Å². The molecule has 1 aliphatic rings. The van der Waals surface area contributed by atoms with Gasteiger partial charge in [-0.2, -0.15) is 10.5 Å².